The van der Waals surface area contributed by atoms with E-state index in [-0.39, 0.29) is 11.4 Å². The van der Waals surface area contributed by atoms with Gasteiger partial charge in [0.2, 0.25) is 0 Å². The molecule has 3 nitrogen and oxygen atoms in total. The zero-order valence-corrected chi connectivity index (χ0v) is 22.6. The summed E-state index contributed by atoms with van der Waals surface area (Å²) in [5.41, 5.74) is 0.689. The minimum Gasteiger partial charge on any atom is -0.466 e. The maximum absolute atomic E-state index is 13.4. The van der Waals surface area contributed by atoms with Gasteiger partial charge in [0.25, 0.3) is 0 Å². The summed E-state index contributed by atoms with van der Waals surface area (Å²) in [6.45, 7) is 19.7. The normalized spacial score (nSPS) is 39.9. The molecule has 0 aromatic carbocycles. The fraction of sp³-hybridized carbons (Fsp3) is 0.867. The van der Waals surface area contributed by atoms with Crippen LogP contribution < -0.4 is 0 Å². The third-order valence-electron chi connectivity index (χ3n) is 10.3. The second kappa shape index (κ2) is 12.0. The van der Waals surface area contributed by atoms with Crippen molar-refractivity contribution in [2.75, 3.05) is 6.61 Å². The van der Waals surface area contributed by atoms with Gasteiger partial charge in [-0.1, -0.05) is 47.5 Å². The molecule has 0 aromatic heterocycles. The van der Waals surface area contributed by atoms with Crippen molar-refractivity contribution in [3.8, 4) is 0 Å². The molecular formula is C30H52O3. The average molecular weight is 461 g/mol. The second-order valence-corrected chi connectivity index (χ2v) is 11.4. The molecule has 4 saturated carbocycles. The fourth-order valence-corrected chi connectivity index (χ4v) is 8.72. The Kier molecular flexibility index (Phi) is 10.2. The van der Waals surface area contributed by atoms with Crippen LogP contribution >= 0.6 is 0 Å². The lowest BCUT2D eigenvalue weighted by Crippen LogP contribution is -2.56. The number of Topliss-reactive ketones (excluding diaryl/α,β-unsaturated/α-hetero) is 1. The van der Waals surface area contributed by atoms with Crippen LogP contribution in [0.2, 0.25) is 0 Å². The maximum atomic E-state index is 13.4. The highest BCUT2D eigenvalue weighted by atomic mass is 16.5. The Hall–Kier alpha value is -1.12. The molecule has 0 aliphatic heterocycles. The van der Waals surface area contributed by atoms with Gasteiger partial charge in [-0.3, -0.25) is 9.59 Å². The van der Waals surface area contributed by atoms with E-state index in [1.54, 1.807) is 0 Å². The van der Waals surface area contributed by atoms with Crippen LogP contribution in [0.25, 0.3) is 0 Å². The quantitative estimate of drug-likeness (QED) is 0.308. The van der Waals surface area contributed by atoms with Gasteiger partial charge >= 0.3 is 5.97 Å². The van der Waals surface area contributed by atoms with Crippen molar-refractivity contribution in [2.24, 2.45) is 46.3 Å². The van der Waals surface area contributed by atoms with Crippen LogP contribution in [0.3, 0.4) is 0 Å². The lowest BCUT2D eigenvalue weighted by atomic mass is 9.44. The molecule has 4 aliphatic carbocycles. The van der Waals surface area contributed by atoms with E-state index in [4.69, 9.17) is 4.74 Å². The summed E-state index contributed by atoms with van der Waals surface area (Å²) < 4.78 is 5.15. The van der Waals surface area contributed by atoms with E-state index in [2.05, 4.69) is 33.9 Å². The molecule has 4 rings (SSSR count). The first kappa shape index (κ1) is 28.1. The van der Waals surface area contributed by atoms with Crippen LogP contribution in [-0.2, 0) is 14.3 Å². The first-order chi connectivity index (χ1) is 15.8. The Morgan fingerprint density at radius 2 is 1.70 bits per heavy atom. The van der Waals surface area contributed by atoms with E-state index in [1.807, 2.05) is 20.8 Å². The summed E-state index contributed by atoms with van der Waals surface area (Å²) in [6.07, 6.45) is 12.6. The van der Waals surface area contributed by atoms with Crippen LogP contribution in [0.15, 0.2) is 13.2 Å². The van der Waals surface area contributed by atoms with E-state index < -0.39 is 0 Å². The summed E-state index contributed by atoms with van der Waals surface area (Å²) in [7, 11) is 0. The van der Waals surface area contributed by atoms with Gasteiger partial charge in [-0.05, 0) is 92.3 Å². The minimum atomic E-state index is -0.0542. The number of ketones is 1. The Balaban J connectivity index is 0.000000914. The topological polar surface area (TPSA) is 43.4 Å². The van der Waals surface area contributed by atoms with Gasteiger partial charge in [0.1, 0.15) is 5.78 Å². The molecule has 0 bridgehead atoms. The Morgan fingerprint density at radius 3 is 2.36 bits per heavy atom. The number of carbonyl (C=O) groups excluding carboxylic acids is 2. The first-order valence-corrected chi connectivity index (χ1v) is 14.0. The maximum Gasteiger partial charge on any atom is 0.305 e. The number of hydrogen-bond acceptors (Lipinski definition) is 3. The van der Waals surface area contributed by atoms with Crippen molar-refractivity contribution >= 4 is 11.8 Å². The molecule has 0 spiro atoms. The predicted molar refractivity (Wildman–Crippen MR) is 138 cm³/mol. The van der Waals surface area contributed by atoms with Gasteiger partial charge in [-0.25, -0.2) is 0 Å². The standard InChI is InChI=1S/C26H42O3.C2H6.C2H4/c1-5-29-23(28)12-9-17(2)19-10-11-20-24-21(13-15-26(19,20)4)25(3)14-7-6-8-18(25)16-22(24)27;2*1-2/h17-21,24H,5-16H2,1-4H3;1-2H3;1-2H2/t17-,18?,19?,20?,21?,24?,25?,26?;;/m1../s1. The van der Waals surface area contributed by atoms with Crippen LogP contribution in [0.1, 0.15) is 112 Å². The van der Waals surface area contributed by atoms with E-state index >= 15 is 0 Å². The monoisotopic (exact) mass is 460 g/mol. The molecule has 0 N–H and O–H groups in total. The van der Waals surface area contributed by atoms with E-state index in [9.17, 15) is 9.59 Å². The Bertz CT molecular complexity index is 657. The SMILES string of the molecule is C=C.CC.CCOC(=O)CC[C@@H](C)C1CCC2C3C(=O)CC4CCCCC4(C)C3CCC21C. The molecule has 33 heavy (non-hydrogen) atoms. The summed E-state index contributed by atoms with van der Waals surface area (Å²) in [4.78, 5) is 25.3. The van der Waals surface area contributed by atoms with Crippen LogP contribution in [0, 0.1) is 46.3 Å². The number of ether oxygens (including phenoxy) is 1. The van der Waals surface area contributed by atoms with Gasteiger partial charge in [0.05, 0.1) is 6.61 Å². The molecule has 4 aliphatic rings. The molecule has 0 heterocycles. The fourth-order valence-electron chi connectivity index (χ4n) is 8.72. The van der Waals surface area contributed by atoms with Crippen molar-refractivity contribution in [3.05, 3.63) is 13.2 Å². The highest BCUT2D eigenvalue weighted by molar-refractivity contribution is 5.83. The van der Waals surface area contributed by atoms with Crippen molar-refractivity contribution in [3.63, 3.8) is 0 Å². The summed E-state index contributed by atoms with van der Waals surface area (Å²) in [5.74, 6) is 3.89. The predicted octanol–water partition coefficient (Wildman–Crippen LogP) is 8.02. The summed E-state index contributed by atoms with van der Waals surface area (Å²) >= 11 is 0. The first-order valence-electron chi connectivity index (χ1n) is 14.0. The van der Waals surface area contributed by atoms with E-state index in [0.29, 0.717) is 59.7 Å². The molecule has 0 amide bonds. The van der Waals surface area contributed by atoms with Crippen molar-refractivity contribution < 1.29 is 14.3 Å². The molecular weight excluding hydrogens is 408 g/mol. The summed E-state index contributed by atoms with van der Waals surface area (Å²) in [5, 5.41) is 0. The van der Waals surface area contributed by atoms with E-state index in [1.165, 1.54) is 51.4 Å². The Labute approximate surface area is 204 Å². The number of fused-ring (bicyclic) bond motifs is 5. The molecule has 4 fully saturated rings. The highest BCUT2D eigenvalue weighted by Crippen LogP contribution is 2.67. The van der Waals surface area contributed by atoms with Crippen LogP contribution in [-0.4, -0.2) is 18.4 Å². The number of rotatable bonds is 5. The molecule has 0 aromatic rings. The van der Waals surface area contributed by atoms with Gasteiger partial charge in [-0.2, -0.15) is 0 Å². The van der Waals surface area contributed by atoms with Crippen molar-refractivity contribution in [1.29, 1.82) is 0 Å². The number of esters is 1. The lowest BCUT2D eigenvalue weighted by molar-refractivity contribution is -0.156. The molecule has 0 saturated heterocycles. The van der Waals surface area contributed by atoms with Crippen molar-refractivity contribution in [2.45, 2.75) is 112 Å². The highest BCUT2D eigenvalue weighted by Gasteiger charge is 2.62. The zero-order valence-electron chi connectivity index (χ0n) is 22.6. The molecule has 190 valence electrons. The molecule has 8 atom stereocenters. The number of carbonyl (C=O) groups is 2. The molecule has 7 unspecified atom stereocenters. The minimum absolute atomic E-state index is 0.0542. The van der Waals surface area contributed by atoms with Gasteiger partial charge < -0.3 is 4.74 Å². The van der Waals surface area contributed by atoms with Crippen LogP contribution in [0.5, 0.6) is 0 Å². The van der Waals surface area contributed by atoms with E-state index in [0.717, 1.165) is 12.8 Å². The number of hydrogen-bond donors (Lipinski definition) is 0. The van der Waals surface area contributed by atoms with Gasteiger partial charge in [0, 0.05) is 18.8 Å². The third kappa shape index (κ3) is 5.27. The van der Waals surface area contributed by atoms with Gasteiger partial charge in [0.15, 0.2) is 0 Å². The zero-order chi connectivity index (χ0) is 24.8. The largest absolute Gasteiger partial charge is 0.466 e. The lowest BCUT2D eigenvalue weighted by Gasteiger charge is -2.60. The average Bonchev–Trinajstić information content (AvgIpc) is 3.18. The molecule has 3 heteroatoms. The van der Waals surface area contributed by atoms with Gasteiger partial charge in [-0.15, -0.1) is 13.2 Å². The van der Waals surface area contributed by atoms with Crippen LogP contribution in [0.4, 0.5) is 0 Å². The summed E-state index contributed by atoms with van der Waals surface area (Å²) in [6, 6.07) is 0. The third-order valence-corrected chi connectivity index (χ3v) is 10.3. The molecule has 0 radical (unpaired) electrons. The smallest absolute Gasteiger partial charge is 0.305 e. The Morgan fingerprint density at radius 1 is 1.03 bits per heavy atom. The van der Waals surface area contributed by atoms with Crippen molar-refractivity contribution in [1.82, 2.24) is 0 Å². The second-order valence-electron chi connectivity index (χ2n) is 11.4.